The molecule has 1 aliphatic heterocycles. The second kappa shape index (κ2) is 16.3. The number of carbonyl (C=O) groups excluding carboxylic acids is 1. The zero-order valence-corrected chi connectivity index (χ0v) is 25.1. The predicted molar refractivity (Wildman–Crippen MR) is 161 cm³/mol. The number of carbonyl (C=O) groups is 3. The fourth-order valence-electron chi connectivity index (χ4n) is 4.26. The van der Waals surface area contributed by atoms with Crippen LogP contribution >= 0.6 is 0 Å². The normalized spacial score (nSPS) is 14.0. The summed E-state index contributed by atoms with van der Waals surface area (Å²) >= 11 is 0. The first-order chi connectivity index (χ1) is 20.9. The highest BCUT2D eigenvalue weighted by Crippen LogP contribution is 2.30. The van der Waals surface area contributed by atoms with Crippen LogP contribution in [-0.2, 0) is 30.8 Å². The fourth-order valence-corrected chi connectivity index (χ4v) is 4.73. The molecule has 44 heavy (non-hydrogen) atoms. The average molecular weight is 630 g/mol. The summed E-state index contributed by atoms with van der Waals surface area (Å²) in [6, 6.07) is 17.2. The number of aliphatic carboxylic acids is 2. The number of para-hydroxylation sites is 1. The number of piperidine rings is 1. The summed E-state index contributed by atoms with van der Waals surface area (Å²) in [5.74, 6) is -1.61. The zero-order chi connectivity index (χ0) is 32.1. The third kappa shape index (κ3) is 11.6. The first-order valence-corrected chi connectivity index (χ1v) is 15.5. The zero-order valence-electron chi connectivity index (χ0n) is 24.3. The minimum atomic E-state index is -3.19. The van der Waals surface area contributed by atoms with Gasteiger partial charge in [-0.2, -0.15) is 4.98 Å². The Balaban J connectivity index is 0.000000583. The molecule has 0 aliphatic carbocycles. The number of benzene rings is 2. The van der Waals surface area contributed by atoms with E-state index in [1.54, 1.807) is 7.05 Å². The van der Waals surface area contributed by atoms with Crippen LogP contribution in [0.4, 0.5) is 10.5 Å². The maximum Gasteiger partial charge on any atom is 0.414 e. The molecule has 0 spiro atoms. The van der Waals surface area contributed by atoms with Crippen molar-refractivity contribution in [3.8, 4) is 11.5 Å². The number of anilines is 1. The predicted octanol–water partition coefficient (Wildman–Crippen LogP) is 2.63. The van der Waals surface area contributed by atoms with Gasteiger partial charge in [-0.3, -0.25) is 4.90 Å². The fraction of sp³-hybridized carbons (Fsp3) is 0.345. The summed E-state index contributed by atoms with van der Waals surface area (Å²) in [5, 5.41) is 19.7. The van der Waals surface area contributed by atoms with Crippen molar-refractivity contribution in [3.05, 3.63) is 78.1 Å². The van der Waals surface area contributed by atoms with Gasteiger partial charge >= 0.3 is 18.0 Å². The Morgan fingerprint density at radius 2 is 1.66 bits per heavy atom. The molecule has 4 rings (SSSR count). The number of aromatic nitrogens is 2. The Bertz CT molecular complexity index is 1520. The van der Waals surface area contributed by atoms with Gasteiger partial charge in [0, 0.05) is 51.8 Å². The lowest BCUT2D eigenvalue weighted by molar-refractivity contribution is -0.134. The topological polar surface area (TPSA) is 192 Å². The number of sulfonamides is 1. The molecule has 0 saturated carbocycles. The second-order valence-electron chi connectivity index (χ2n) is 9.86. The van der Waals surface area contributed by atoms with E-state index >= 15 is 0 Å². The van der Waals surface area contributed by atoms with E-state index in [0.29, 0.717) is 67.5 Å². The minimum absolute atomic E-state index is 0.202. The number of rotatable bonds is 11. The Hall–Kier alpha value is -4.60. The van der Waals surface area contributed by atoms with E-state index in [1.807, 2.05) is 54.6 Å². The Kier molecular flexibility index (Phi) is 12.6. The van der Waals surface area contributed by atoms with Gasteiger partial charge in [0.2, 0.25) is 10.0 Å². The van der Waals surface area contributed by atoms with Crippen LogP contribution in [0.25, 0.3) is 11.5 Å². The van der Waals surface area contributed by atoms with Gasteiger partial charge in [0.25, 0.3) is 5.89 Å². The summed E-state index contributed by atoms with van der Waals surface area (Å²) in [6.45, 7) is 2.45. The Morgan fingerprint density at radius 1 is 1.05 bits per heavy atom. The maximum atomic E-state index is 13.0. The molecule has 1 aromatic heterocycles. The van der Waals surface area contributed by atoms with Crippen molar-refractivity contribution in [1.82, 2.24) is 19.8 Å². The number of carboxylic acids is 2. The standard InChI is InChI=1S/C25H31N5O5S.C4H4O4/c1-29(25(31)34-20-12-15-30(16-13-20)17-14-26-36(2,32)33)22-11-7-6-10-21(22)24-27-23(28-35-24)18-19-8-4-3-5-9-19;5-3(6)1-2-4(7)8/h3-11,20,26H,12-18H2,1-2H3;1-2H,(H,5,6)(H,7,8)/b;2-1-. The van der Waals surface area contributed by atoms with Crippen LogP contribution < -0.4 is 9.62 Å². The van der Waals surface area contributed by atoms with Crippen LogP contribution in [0.3, 0.4) is 0 Å². The van der Waals surface area contributed by atoms with E-state index in [1.165, 1.54) is 4.90 Å². The molecular weight excluding hydrogens is 594 g/mol. The first-order valence-electron chi connectivity index (χ1n) is 13.6. The lowest BCUT2D eigenvalue weighted by Gasteiger charge is -2.32. The van der Waals surface area contributed by atoms with Crippen LogP contribution in [0.1, 0.15) is 24.2 Å². The number of nitrogens with zero attached hydrogens (tertiary/aromatic N) is 4. The van der Waals surface area contributed by atoms with E-state index < -0.39 is 28.1 Å². The highest BCUT2D eigenvalue weighted by molar-refractivity contribution is 7.88. The summed E-state index contributed by atoms with van der Waals surface area (Å²) < 4.78 is 36.2. The molecule has 0 unspecified atom stereocenters. The van der Waals surface area contributed by atoms with Crippen molar-refractivity contribution >= 4 is 33.7 Å². The molecule has 1 amide bonds. The van der Waals surface area contributed by atoms with E-state index in [0.717, 1.165) is 24.9 Å². The van der Waals surface area contributed by atoms with Gasteiger partial charge in [-0.15, -0.1) is 0 Å². The third-order valence-corrected chi connectivity index (χ3v) is 7.13. The van der Waals surface area contributed by atoms with Crippen LogP contribution in [-0.4, -0.2) is 97.3 Å². The number of hydrogen-bond donors (Lipinski definition) is 3. The highest BCUT2D eigenvalue weighted by atomic mass is 32.2. The molecule has 2 heterocycles. The molecular formula is C29H35N5O9S. The quantitative estimate of drug-likeness (QED) is 0.263. The Morgan fingerprint density at radius 3 is 2.27 bits per heavy atom. The van der Waals surface area contributed by atoms with Gasteiger partial charge < -0.3 is 24.4 Å². The van der Waals surface area contributed by atoms with Crippen LogP contribution in [0.15, 0.2) is 71.3 Å². The first kappa shape index (κ1) is 33.9. The summed E-state index contributed by atoms with van der Waals surface area (Å²) in [6.07, 6.45) is 3.53. The summed E-state index contributed by atoms with van der Waals surface area (Å²) in [4.78, 5) is 40.2. The highest BCUT2D eigenvalue weighted by Gasteiger charge is 2.26. The SMILES string of the molecule is CN(C(=O)OC1CCN(CCNS(C)(=O)=O)CC1)c1ccccc1-c1nc(Cc2ccccc2)no1.O=C(O)/C=C\C(=O)O. The molecule has 1 aliphatic rings. The van der Waals surface area contributed by atoms with Gasteiger partial charge in [-0.25, -0.2) is 27.5 Å². The Labute approximate surface area is 255 Å². The molecule has 1 saturated heterocycles. The molecule has 0 radical (unpaired) electrons. The maximum absolute atomic E-state index is 13.0. The van der Waals surface area contributed by atoms with Gasteiger partial charge in [-0.1, -0.05) is 47.6 Å². The number of amides is 1. The van der Waals surface area contributed by atoms with E-state index in [-0.39, 0.29) is 6.10 Å². The van der Waals surface area contributed by atoms with E-state index in [9.17, 15) is 22.8 Å². The molecule has 14 nitrogen and oxygen atoms in total. The number of ether oxygens (including phenoxy) is 1. The van der Waals surface area contributed by atoms with Crippen molar-refractivity contribution in [1.29, 1.82) is 0 Å². The molecule has 0 atom stereocenters. The average Bonchev–Trinajstić information content (AvgIpc) is 3.45. The van der Waals surface area contributed by atoms with E-state index in [2.05, 4.69) is 19.8 Å². The van der Waals surface area contributed by atoms with Gasteiger partial charge in [0.15, 0.2) is 5.82 Å². The lowest BCUT2D eigenvalue weighted by atomic mass is 10.1. The summed E-state index contributed by atoms with van der Waals surface area (Å²) in [7, 11) is -1.53. The van der Waals surface area contributed by atoms with Gasteiger partial charge in [0.05, 0.1) is 17.5 Å². The van der Waals surface area contributed by atoms with Crippen molar-refractivity contribution in [2.75, 3.05) is 44.4 Å². The van der Waals surface area contributed by atoms with Crippen molar-refractivity contribution in [2.45, 2.75) is 25.4 Å². The molecule has 0 bridgehead atoms. The second-order valence-corrected chi connectivity index (χ2v) is 11.7. The number of likely N-dealkylation sites (tertiary alicyclic amines) is 1. The van der Waals surface area contributed by atoms with Gasteiger partial charge in [0.1, 0.15) is 6.10 Å². The van der Waals surface area contributed by atoms with Crippen LogP contribution in [0, 0.1) is 0 Å². The molecule has 3 N–H and O–H groups in total. The van der Waals surface area contributed by atoms with Gasteiger partial charge in [-0.05, 0) is 30.5 Å². The lowest BCUT2D eigenvalue weighted by Crippen LogP contribution is -2.42. The molecule has 1 fully saturated rings. The number of hydrogen-bond acceptors (Lipinski definition) is 10. The number of nitrogens with one attached hydrogen (secondary N) is 1. The smallest absolute Gasteiger partial charge is 0.414 e. The summed E-state index contributed by atoms with van der Waals surface area (Å²) in [5.41, 5.74) is 2.34. The molecule has 236 valence electrons. The van der Waals surface area contributed by atoms with E-state index in [4.69, 9.17) is 19.5 Å². The largest absolute Gasteiger partial charge is 0.478 e. The molecule has 15 heteroatoms. The monoisotopic (exact) mass is 629 g/mol. The molecule has 3 aromatic rings. The van der Waals surface area contributed by atoms with Crippen molar-refractivity contribution in [2.24, 2.45) is 0 Å². The molecule has 2 aromatic carbocycles. The van der Waals surface area contributed by atoms with Crippen molar-refractivity contribution < 1.29 is 42.3 Å². The number of carboxylic acid groups (broad SMARTS) is 2. The third-order valence-electron chi connectivity index (χ3n) is 6.41. The minimum Gasteiger partial charge on any atom is -0.478 e. The van der Waals surface area contributed by atoms with Crippen molar-refractivity contribution in [3.63, 3.8) is 0 Å². The van der Waals surface area contributed by atoms with Crippen LogP contribution in [0.2, 0.25) is 0 Å². The van der Waals surface area contributed by atoms with Crippen LogP contribution in [0.5, 0.6) is 0 Å².